The summed E-state index contributed by atoms with van der Waals surface area (Å²) in [6.45, 7) is 6.88. The first-order valence-electron chi connectivity index (χ1n) is 5.97. The molecule has 0 saturated carbocycles. The molecule has 0 radical (unpaired) electrons. The first kappa shape index (κ1) is 12.3. The van der Waals surface area contributed by atoms with Gasteiger partial charge in [-0.15, -0.1) is 0 Å². The number of halogens is 1. The Kier molecular flexibility index (Phi) is 3.97. The molecular formula is C13H19FN2O. The molecule has 0 aliphatic carbocycles. The second-order valence-corrected chi connectivity index (χ2v) is 4.44. The van der Waals surface area contributed by atoms with E-state index in [1.54, 1.807) is 12.1 Å². The second-order valence-electron chi connectivity index (χ2n) is 4.44. The van der Waals surface area contributed by atoms with Gasteiger partial charge in [-0.25, -0.2) is 4.39 Å². The predicted octanol–water partition coefficient (Wildman–Crippen LogP) is 1.55. The van der Waals surface area contributed by atoms with Crippen LogP contribution in [0.2, 0.25) is 0 Å². The number of aryl methyl sites for hydroxylation is 1. The summed E-state index contributed by atoms with van der Waals surface area (Å²) in [6, 6.07) is 3.36. The Morgan fingerprint density at radius 3 is 2.71 bits per heavy atom. The van der Waals surface area contributed by atoms with Crippen molar-refractivity contribution in [3.8, 4) is 5.75 Å². The topological polar surface area (TPSA) is 24.5 Å². The molecule has 2 rings (SSSR count). The molecule has 17 heavy (non-hydrogen) atoms. The van der Waals surface area contributed by atoms with E-state index in [2.05, 4.69) is 10.2 Å². The standard InChI is InChI=1S/C13H19FN2O/c1-10-7-13(17-2)12(14)8-11(10)9-16-5-3-15-4-6-16/h7-8,15H,3-6,9H2,1-2H3. The van der Waals surface area contributed by atoms with Crippen molar-refractivity contribution in [1.29, 1.82) is 0 Å². The van der Waals surface area contributed by atoms with Gasteiger partial charge in [-0.3, -0.25) is 4.90 Å². The predicted molar refractivity (Wildman–Crippen MR) is 65.8 cm³/mol. The first-order chi connectivity index (χ1) is 8.20. The van der Waals surface area contributed by atoms with Crippen LogP contribution in [0.25, 0.3) is 0 Å². The molecule has 0 spiro atoms. The van der Waals surface area contributed by atoms with Gasteiger partial charge >= 0.3 is 0 Å². The lowest BCUT2D eigenvalue weighted by Crippen LogP contribution is -2.43. The molecule has 1 N–H and O–H groups in total. The highest BCUT2D eigenvalue weighted by atomic mass is 19.1. The Hall–Kier alpha value is -1.13. The third-order valence-electron chi connectivity index (χ3n) is 3.21. The van der Waals surface area contributed by atoms with Crippen molar-refractivity contribution in [3.63, 3.8) is 0 Å². The van der Waals surface area contributed by atoms with Crippen molar-refractivity contribution in [2.24, 2.45) is 0 Å². The lowest BCUT2D eigenvalue weighted by molar-refractivity contribution is 0.232. The minimum Gasteiger partial charge on any atom is -0.494 e. The van der Waals surface area contributed by atoms with Gasteiger partial charge in [-0.2, -0.15) is 0 Å². The van der Waals surface area contributed by atoms with E-state index in [9.17, 15) is 4.39 Å². The van der Waals surface area contributed by atoms with Gasteiger partial charge in [0, 0.05) is 32.7 Å². The van der Waals surface area contributed by atoms with E-state index in [4.69, 9.17) is 4.74 Å². The summed E-state index contributed by atoms with van der Waals surface area (Å²) in [5, 5.41) is 3.31. The van der Waals surface area contributed by atoms with Crippen molar-refractivity contribution < 1.29 is 9.13 Å². The molecule has 0 aromatic heterocycles. The number of piperazine rings is 1. The number of nitrogens with zero attached hydrogens (tertiary/aromatic N) is 1. The van der Waals surface area contributed by atoms with Crippen molar-refractivity contribution >= 4 is 0 Å². The zero-order valence-corrected chi connectivity index (χ0v) is 10.4. The SMILES string of the molecule is COc1cc(C)c(CN2CCNCC2)cc1F. The van der Waals surface area contributed by atoms with Crippen LogP contribution < -0.4 is 10.1 Å². The van der Waals surface area contributed by atoms with E-state index in [0.717, 1.165) is 43.9 Å². The average molecular weight is 238 g/mol. The van der Waals surface area contributed by atoms with Crippen LogP contribution in [0.3, 0.4) is 0 Å². The molecule has 1 aromatic rings. The number of benzene rings is 1. The van der Waals surface area contributed by atoms with Crippen LogP contribution in [0.5, 0.6) is 5.75 Å². The second kappa shape index (κ2) is 5.47. The van der Waals surface area contributed by atoms with Gasteiger partial charge in [0.05, 0.1) is 7.11 Å². The van der Waals surface area contributed by atoms with Crippen molar-refractivity contribution in [2.45, 2.75) is 13.5 Å². The largest absolute Gasteiger partial charge is 0.494 e. The molecule has 94 valence electrons. The van der Waals surface area contributed by atoms with E-state index in [1.807, 2.05) is 6.92 Å². The number of hydrogen-bond acceptors (Lipinski definition) is 3. The summed E-state index contributed by atoms with van der Waals surface area (Å²) >= 11 is 0. The molecule has 0 amide bonds. The summed E-state index contributed by atoms with van der Waals surface area (Å²) in [5.74, 6) is 0.0507. The molecule has 0 atom stereocenters. The molecule has 1 aromatic carbocycles. The molecule has 0 bridgehead atoms. The number of methoxy groups -OCH3 is 1. The van der Waals surface area contributed by atoms with Crippen LogP contribution in [-0.4, -0.2) is 38.2 Å². The normalized spacial score (nSPS) is 17.1. The van der Waals surface area contributed by atoms with E-state index < -0.39 is 0 Å². The number of ether oxygens (including phenoxy) is 1. The number of nitrogens with one attached hydrogen (secondary N) is 1. The summed E-state index contributed by atoms with van der Waals surface area (Å²) in [6.07, 6.45) is 0. The van der Waals surface area contributed by atoms with Crippen molar-refractivity contribution in [3.05, 3.63) is 29.1 Å². The molecule has 1 aliphatic rings. The minimum absolute atomic E-state index is 0.275. The maximum atomic E-state index is 13.6. The smallest absolute Gasteiger partial charge is 0.165 e. The average Bonchev–Trinajstić information content (AvgIpc) is 2.34. The van der Waals surface area contributed by atoms with Crippen molar-refractivity contribution in [1.82, 2.24) is 10.2 Å². The molecule has 1 heterocycles. The van der Waals surface area contributed by atoms with Crippen LogP contribution in [0, 0.1) is 12.7 Å². The monoisotopic (exact) mass is 238 g/mol. The van der Waals surface area contributed by atoms with Crippen LogP contribution in [-0.2, 0) is 6.54 Å². The van der Waals surface area contributed by atoms with Gasteiger partial charge < -0.3 is 10.1 Å². The highest BCUT2D eigenvalue weighted by Gasteiger charge is 2.13. The fourth-order valence-corrected chi connectivity index (χ4v) is 2.13. The Bertz CT molecular complexity index is 389. The maximum Gasteiger partial charge on any atom is 0.165 e. The summed E-state index contributed by atoms with van der Waals surface area (Å²) in [7, 11) is 1.49. The fourth-order valence-electron chi connectivity index (χ4n) is 2.13. The van der Waals surface area contributed by atoms with Gasteiger partial charge in [0.25, 0.3) is 0 Å². The van der Waals surface area contributed by atoms with Gasteiger partial charge in [-0.05, 0) is 30.2 Å². The zero-order valence-electron chi connectivity index (χ0n) is 10.4. The molecule has 3 nitrogen and oxygen atoms in total. The Morgan fingerprint density at radius 1 is 1.35 bits per heavy atom. The Morgan fingerprint density at radius 2 is 2.06 bits per heavy atom. The quantitative estimate of drug-likeness (QED) is 0.864. The maximum absolute atomic E-state index is 13.6. The summed E-state index contributed by atoms with van der Waals surface area (Å²) in [4.78, 5) is 2.34. The molecule has 0 unspecified atom stereocenters. The molecule has 1 aliphatic heterocycles. The van der Waals surface area contributed by atoms with Gasteiger partial charge in [0.1, 0.15) is 0 Å². The van der Waals surface area contributed by atoms with Crippen LogP contribution in [0.4, 0.5) is 4.39 Å². The van der Waals surface area contributed by atoms with Gasteiger partial charge in [-0.1, -0.05) is 0 Å². The van der Waals surface area contributed by atoms with E-state index in [1.165, 1.54) is 7.11 Å². The third kappa shape index (κ3) is 2.96. The zero-order chi connectivity index (χ0) is 12.3. The minimum atomic E-state index is -0.275. The Labute approximate surface area is 102 Å². The number of hydrogen-bond donors (Lipinski definition) is 1. The van der Waals surface area contributed by atoms with Crippen LogP contribution in [0.15, 0.2) is 12.1 Å². The van der Waals surface area contributed by atoms with E-state index in [-0.39, 0.29) is 5.82 Å². The molecule has 1 fully saturated rings. The molecular weight excluding hydrogens is 219 g/mol. The summed E-state index contributed by atoms with van der Waals surface area (Å²) in [5.41, 5.74) is 2.13. The van der Waals surface area contributed by atoms with Gasteiger partial charge in [0.15, 0.2) is 11.6 Å². The van der Waals surface area contributed by atoms with Crippen LogP contribution >= 0.6 is 0 Å². The Balaban J connectivity index is 2.12. The summed E-state index contributed by atoms with van der Waals surface area (Å²) < 4.78 is 18.6. The van der Waals surface area contributed by atoms with E-state index in [0.29, 0.717) is 5.75 Å². The van der Waals surface area contributed by atoms with E-state index >= 15 is 0 Å². The molecule has 1 saturated heterocycles. The fraction of sp³-hybridized carbons (Fsp3) is 0.538. The lowest BCUT2D eigenvalue weighted by Gasteiger charge is -2.27. The lowest BCUT2D eigenvalue weighted by atomic mass is 10.1. The van der Waals surface area contributed by atoms with Gasteiger partial charge in [0.2, 0.25) is 0 Å². The first-order valence-corrected chi connectivity index (χ1v) is 5.97. The third-order valence-corrected chi connectivity index (χ3v) is 3.21. The molecule has 4 heteroatoms. The highest BCUT2D eigenvalue weighted by Crippen LogP contribution is 2.22. The van der Waals surface area contributed by atoms with Crippen LogP contribution in [0.1, 0.15) is 11.1 Å². The van der Waals surface area contributed by atoms with Crippen molar-refractivity contribution in [2.75, 3.05) is 33.3 Å². The number of rotatable bonds is 3. The highest BCUT2D eigenvalue weighted by molar-refractivity contribution is 5.36.